The molecule has 1 aromatic heterocycles. The highest BCUT2D eigenvalue weighted by molar-refractivity contribution is 5.87. The zero-order valence-corrected chi connectivity index (χ0v) is 12.4. The number of hydrogen-bond donors (Lipinski definition) is 3. The third-order valence-corrected chi connectivity index (χ3v) is 3.51. The smallest absolute Gasteiger partial charge is 0.335 e. The van der Waals surface area contributed by atoms with Crippen molar-refractivity contribution in [3.63, 3.8) is 0 Å². The lowest BCUT2D eigenvalue weighted by Gasteiger charge is -2.05. The Balaban J connectivity index is 1.87. The fourth-order valence-electron chi connectivity index (χ4n) is 2.32. The quantitative estimate of drug-likeness (QED) is 0.706. The standard InChI is InChI=1S/C16H19N3O3/c1-10-18-14(17)13(15(20)19-10)5-3-2-4-11-6-8-12(9-7-11)16(21)22/h6-9H,2-5H2,1H3,(H,21,22)(H3,17,18,19,20). The minimum Gasteiger partial charge on any atom is -0.478 e. The third-order valence-electron chi connectivity index (χ3n) is 3.51. The van der Waals surface area contributed by atoms with Gasteiger partial charge in [-0.05, 0) is 50.3 Å². The lowest BCUT2D eigenvalue weighted by molar-refractivity contribution is 0.0697. The fourth-order valence-corrected chi connectivity index (χ4v) is 2.32. The highest BCUT2D eigenvalue weighted by atomic mass is 16.4. The summed E-state index contributed by atoms with van der Waals surface area (Å²) in [5.41, 5.74) is 7.50. The molecule has 0 aliphatic heterocycles. The number of nitrogen functional groups attached to an aromatic ring is 1. The molecule has 6 heteroatoms. The number of carbonyl (C=O) groups is 1. The van der Waals surface area contributed by atoms with E-state index in [1.807, 2.05) is 12.1 Å². The van der Waals surface area contributed by atoms with Crippen LogP contribution < -0.4 is 11.3 Å². The minimum absolute atomic E-state index is 0.171. The van der Waals surface area contributed by atoms with Crippen LogP contribution in [-0.4, -0.2) is 21.0 Å². The molecule has 0 aliphatic carbocycles. The molecule has 0 amide bonds. The second-order valence-corrected chi connectivity index (χ2v) is 5.22. The Labute approximate surface area is 128 Å². The number of carboxylic acid groups (broad SMARTS) is 1. The van der Waals surface area contributed by atoms with Crippen molar-refractivity contribution >= 4 is 11.8 Å². The van der Waals surface area contributed by atoms with E-state index in [0.717, 1.165) is 24.8 Å². The molecule has 0 radical (unpaired) electrons. The van der Waals surface area contributed by atoms with E-state index in [1.54, 1.807) is 19.1 Å². The number of H-pyrrole nitrogens is 1. The van der Waals surface area contributed by atoms with Crippen molar-refractivity contribution in [3.05, 3.63) is 57.1 Å². The number of aromatic nitrogens is 2. The molecule has 4 N–H and O–H groups in total. The highest BCUT2D eigenvalue weighted by Gasteiger charge is 2.07. The van der Waals surface area contributed by atoms with E-state index >= 15 is 0 Å². The first kappa shape index (κ1) is 15.8. The van der Waals surface area contributed by atoms with Gasteiger partial charge in [0.25, 0.3) is 5.56 Å². The van der Waals surface area contributed by atoms with Crippen LogP contribution in [0.5, 0.6) is 0 Å². The third kappa shape index (κ3) is 3.94. The first-order valence-electron chi connectivity index (χ1n) is 7.15. The Morgan fingerprint density at radius 2 is 1.86 bits per heavy atom. The predicted octanol–water partition coefficient (Wildman–Crippen LogP) is 1.92. The number of unbranched alkanes of at least 4 members (excludes halogenated alkanes) is 1. The summed E-state index contributed by atoms with van der Waals surface area (Å²) >= 11 is 0. The number of nitrogens with two attached hydrogens (primary N) is 1. The largest absolute Gasteiger partial charge is 0.478 e. The van der Waals surface area contributed by atoms with Crippen LogP contribution in [0.25, 0.3) is 0 Å². The number of nitrogens with one attached hydrogen (secondary N) is 1. The topological polar surface area (TPSA) is 109 Å². The molecule has 116 valence electrons. The number of benzene rings is 1. The molecule has 0 saturated carbocycles. The van der Waals surface area contributed by atoms with E-state index in [4.69, 9.17) is 10.8 Å². The molecule has 1 heterocycles. The van der Waals surface area contributed by atoms with Gasteiger partial charge >= 0.3 is 5.97 Å². The van der Waals surface area contributed by atoms with Crippen molar-refractivity contribution in [2.45, 2.75) is 32.6 Å². The number of nitrogens with zero attached hydrogens (tertiary/aromatic N) is 1. The van der Waals surface area contributed by atoms with Gasteiger partial charge in [-0.15, -0.1) is 0 Å². The van der Waals surface area contributed by atoms with E-state index in [9.17, 15) is 9.59 Å². The van der Waals surface area contributed by atoms with Gasteiger partial charge in [-0.1, -0.05) is 12.1 Å². The summed E-state index contributed by atoms with van der Waals surface area (Å²) in [5.74, 6) is -0.107. The molecular formula is C16H19N3O3. The van der Waals surface area contributed by atoms with Crippen LogP contribution in [0.3, 0.4) is 0 Å². The van der Waals surface area contributed by atoms with Gasteiger partial charge in [-0.3, -0.25) is 4.79 Å². The maximum absolute atomic E-state index is 11.8. The van der Waals surface area contributed by atoms with Gasteiger partial charge < -0.3 is 15.8 Å². The molecule has 0 aliphatic rings. The molecule has 2 rings (SSSR count). The van der Waals surface area contributed by atoms with E-state index < -0.39 is 5.97 Å². The first-order valence-corrected chi connectivity index (χ1v) is 7.15. The van der Waals surface area contributed by atoms with Gasteiger partial charge in [-0.2, -0.15) is 0 Å². The second-order valence-electron chi connectivity index (χ2n) is 5.22. The zero-order valence-electron chi connectivity index (χ0n) is 12.4. The van der Waals surface area contributed by atoms with Crippen molar-refractivity contribution in [2.75, 3.05) is 5.73 Å². The van der Waals surface area contributed by atoms with Gasteiger partial charge in [0.2, 0.25) is 0 Å². The number of aromatic amines is 1. The fraction of sp³-hybridized carbons (Fsp3) is 0.312. The van der Waals surface area contributed by atoms with Crippen LogP contribution in [0.2, 0.25) is 0 Å². The number of aryl methyl sites for hydroxylation is 2. The molecular weight excluding hydrogens is 282 g/mol. The molecule has 0 spiro atoms. The van der Waals surface area contributed by atoms with Gasteiger partial charge in [-0.25, -0.2) is 9.78 Å². The van der Waals surface area contributed by atoms with Crippen molar-refractivity contribution in [1.29, 1.82) is 0 Å². The van der Waals surface area contributed by atoms with Crippen LogP contribution >= 0.6 is 0 Å². The maximum Gasteiger partial charge on any atom is 0.335 e. The average Bonchev–Trinajstić information content (AvgIpc) is 2.46. The Hall–Kier alpha value is -2.63. The van der Waals surface area contributed by atoms with Gasteiger partial charge in [0.15, 0.2) is 0 Å². The summed E-state index contributed by atoms with van der Waals surface area (Å²) in [6.07, 6.45) is 3.12. The summed E-state index contributed by atoms with van der Waals surface area (Å²) in [6, 6.07) is 6.84. The molecule has 0 unspecified atom stereocenters. The van der Waals surface area contributed by atoms with E-state index in [-0.39, 0.29) is 11.1 Å². The lowest BCUT2D eigenvalue weighted by Crippen LogP contribution is -2.18. The maximum atomic E-state index is 11.8. The van der Waals surface area contributed by atoms with Gasteiger partial charge in [0, 0.05) is 0 Å². The van der Waals surface area contributed by atoms with Crippen molar-refractivity contribution in [2.24, 2.45) is 0 Å². The molecule has 0 bridgehead atoms. The highest BCUT2D eigenvalue weighted by Crippen LogP contribution is 2.11. The molecule has 6 nitrogen and oxygen atoms in total. The Kier molecular flexibility index (Phi) is 4.93. The second kappa shape index (κ2) is 6.89. The van der Waals surface area contributed by atoms with Crippen LogP contribution in [0.4, 0.5) is 5.82 Å². The average molecular weight is 301 g/mol. The van der Waals surface area contributed by atoms with Gasteiger partial charge in [0.1, 0.15) is 11.6 Å². The normalized spacial score (nSPS) is 10.6. The Morgan fingerprint density at radius 1 is 1.23 bits per heavy atom. The number of rotatable bonds is 6. The molecule has 0 saturated heterocycles. The summed E-state index contributed by atoms with van der Waals surface area (Å²) in [5, 5.41) is 8.84. The van der Waals surface area contributed by atoms with Crippen LogP contribution in [0.1, 0.15) is 40.2 Å². The summed E-state index contributed by atoms with van der Waals surface area (Å²) in [6.45, 7) is 1.70. The molecule has 1 aromatic carbocycles. The first-order chi connectivity index (χ1) is 10.5. The van der Waals surface area contributed by atoms with Crippen molar-refractivity contribution in [3.8, 4) is 0 Å². The Bertz CT molecular complexity index is 720. The number of carboxylic acids is 1. The number of hydrogen-bond acceptors (Lipinski definition) is 4. The number of anilines is 1. The molecule has 0 atom stereocenters. The van der Waals surface area contributed by atoms with Crippen LogP contribution in [-0.2, 0) is 12.8 Å². The SMILES string of the molecule is Cc1nc(N)c(CCCCc2ccc(C(=O)O)cc2)c(=O)[nH]1. The van der Waals surface area contributed by atoms with Gasteiger partial charge in [0.05, 0.1) is 11.1 Å². The number of aromatic carboxylic acids is 1. The molecule has 22 heavy (non-hydrogen) atoms. The predicted molar refractivity (Wildman–Crippen MR) is 84.1 cm³/mol. The zero-order chi connectivity index (χ0) is 16.1. The van der Waals surface area contributed by atoms with Crippen LogP contribution in [0.15, 0.2) is 29.1 Å². The molecule has 0 fully saturated rings. The van der Waals surface area contributed by atoms with Crippen molar-refractivity contribution < 1.29 is 9.90 Å². The summed E-state index contributed by atoms with van der Waals surface area (Å²) in [4.78, 5) is 29.3. The summed E-state index contributed by atoms with van der Waals surface area (Å²) in [7, 11) is 0. The van der Waals surface area contributed by atoms with Crippen molar-refractivity contribution in [1.82, 2.24) is 9.97 Å². The Morgan fingerprint density at radius 3 is 2.45 bits per heavy atom. The summed E-state index contributed by atoms with van der Waals surface area (Å²) < 4.78 is 0. The molecule has 2 aromatic rings. The van der Waals surface area contributed by atoms with E-state index in [2.05, 4.69) is 9.97 Å². The van der Waals surface area contributed by atoms with E-state index in [1.165, 1.54) is 0 Å². The van der Waals surface area contributed by atoms with E-state index in [0.29, 0.717) is 23.6 Å². The monoisotopic (exact) mass is 301 g/mol. The minimum atomic E-state index is -0.923. The van der Waals surface area contributed by atoms with Crippen LogP contribution in [0, 0.1) is 6.92 Å². The lowest BCUT2D eigenvalue weighted by atomic mass is 10.0.